The second kappa shape index (κ2) is 4.86. The number of carbonyl (C=O) groups is 1. The van der Waals surface area contributed by atoms with E-state index in [4.69, 9.17) is 5.11 Å². The van der Waals surface area contributed by atoms with E-state index in [-0.39, 0.29) is 12.3 Å². The van der Waals surface area contributed by atoms with Gasteiger partial charge in [0.2, 0.25) is 0 Å². The van der Waals surface area contributed by atoms with Crippen molar-refractivity contribution < 1.29 is 9.90 Å². The van der Waals surface area contributed by atoms with Crippen molar-refractivity contribution in [1.82, 2.24) is 4.98 Å². The highest BCUT2D eigenvalue weighted by Crippen LogP contribution is 2.33. The van der Waals surface area contributed by atoms with Crippen LogP contribution in [0.15, 0.2) is 12.1 Å². The van der Waals surface area contributed by atoms with E-state index in [1.54, 1.807) is 0 Å². The van der Waals surface area contributed by atoms with Gasteiger partial charge in [0, 0.05) is 11.4 Å². The lowest BCUT2D eigenvalue weighted by molar-refractivity contribution is -0.137. The predicted molar refractivity (Wildman–Crippen MR) is 66.3 cm³/mol. The maximum absolute atomic E-state index is 10.8. The van der Waals surface area contributed by atoms with Gasteiger partial charge < -0.3 is 5.11 Å². The standard InChI is InChI=1S/C14H19NO2/c1-9(2)12-7-6-11-10(8-14(16)17)4-3-5-13(11)15-12/h6-7,9-10H,3-5,8H2,1-2H3,(H,16,17). The van der Waals surface area contributed by atoms with Crippen LogP contribution in [-0.2, 0) is 11.2 Å². The average Bonchev–Trinajstić information content (AvgIpc) is 2.28. The first-order chi connectivity index (χ1) is 8.08. The summed E-state index contributed by atoms with van der Waals surface area (Å²) in [5.41, 5.74) is 3.39. The van der Waals surface area contributed by atoms with E-state index in [0.717, 1.165) is 36.2 Å². The van der Waals surface area contributed by atoms with E-state index >= 15 is 0 Å². The first-order valence-corrected chi connectivity index (χ1v) is 6.29. The Morgan fingerprint density at radius 3 is 2.94 bits per heavy atom. The number of hydrogen-bond acceptors (Lipinski definition) is 2. The van der Waals surface area contributed by atoms with E-state index in [1.165, 1.54) is 0 Å². The molecule has 1 aromatic rings. The van der Waals surface area contributed by atoms with Crippen molar-refractivity contribution in [2.75, 3.05) is 0 Å². The van der Waals surface area contributed by atoms with Gasteiger partial charge in [0.1, 0.15) is 0 Å². The van der Waals surface area contributed by atoms with Crippen molar-refractivity contribution in [3.05, 3.63) is 29.1 Å². The molecular weight excluding hydrogens is 214 g/mol. The third kappa shape index (κ3) is 2.65. The summed E-state index contributed by atoms with van der Waals surface area (Å²) in [6.45, 7) is 4.26. The summed E-state index contributed by atoms with van der Waals surface area (Å²) < 4.78 is 0. The summed E-state index contributed by atoms with van der Waals surface area (Å²) in [7, 11) is 0. The average molecular weight is 233 g/mol. The van der Waals surface area contributed by atoms with Gasteiger partial charge >= 0.3 is 5.97 Å². The summed E-state index contributed by atoms with van der Waals surface area (Å²) in [4.78, 5) is 15.5. The Hall–Kier alpha value is -1.38. The molecule has 0 bridgehead atoms. The number of nitrogens with zero attached hydrogens (tertiary/aromatic N) is 1. The summed E-state index contributed by atoms with van der Waals surface area (Å²) in [5.74, 6) is -0.124. The molecule has 0 saturated carbocycles. The van der Waals surface area contributed by atoms with Crippen LogP contribution in [0.2, 0.25) is 0 Å². The minimum absolute atomic E-state index is 0.157. The number of aromatic nitrogens is 1. The Kier molecular flexibility index (Phi) is 3.46. The summed E-state index contributed by atoms with van der Waals surface area (Å²) in [6.07, 6.45) is 3.25. The molecule has 2 rings (SSSR count). The predicted octanol–water partition coefficient (Wildman–Crippen LogP) is 3.10. The van der Waals surface area contributed by atoms with Crippen molar-refractivity contribution in [2.24, 2.45) is 0 Å². The highest BCUT2D eigenvalue weighted by atomic mass is 16.4. The van der Waals surface area contributed by atoms with Crippen molar-refractivity contribution in [2.45, 2.75) is 51.4 Å². The minimum Gasteiger partial charge on any atom is -0.481 e. The Bertz CT molecular complexity index is 426. The molecule has 92 valence electrons. The third-order valence-electron chi connectivity index (χ3n) is 3.45. The van der Waals surface area contributed by atoms with E-state index < -0.39 is 5.97 Å². The number of rotatable bonds is 3. The lowest BCUT2D eigenvalue weighted by atomic mass is 9.83. The summed E-state index contributed by atoms with van der Waals surface area (Å²) in [5, 5.41) is 8.91. The molecule has 0 radical (unpaired) electrons. The molecule has 3 nitrogen and oxygen atoms in total. The molecule has 0 spiro atoms. The van der Waals surface area contributed by atoms with Crippen molar-refractivity contribution in [3.8, 4) is 0 Å². The molecule has 1 aliphatic rings. The van der Waals surface area contributed by atoms with Gasteiger partial charge in [-0.25, -0.2) is 0 Å². The second-order valence-corrected chi connectivity index (χ2v) is 5.11. The maximum Gasteiger partial charge on any atom is 0.303 e. The largest absolute Gasteiger partial charge is 0.481 e. The van der Waals surface area contributed by atoms with Crippen LogP contribution < -0.4 is 0 Å². The fourth-order valence-corrected chi connectivity index (χ4v) is 2.52. The smallest absolute Gasteiger partial charge is 0.303 e. The molecule has 0 amide bonds. The molecule has 1 heterocycles. The molecule has 1 unspecified atom stereocenters. The molecule has 1 N–H and O–H groups in total. The van der Waals surface area contributed by atoms with Gasteiger partial charge in [0.05, 0.1) is 6.42 Å². The number of carboxylic acids is 1. The van der Waals surface area contributed by atoms with Crippen LogP contribution in [0, 0.1) is 0 Å². The van der Waals surface area contributed by atoms with Crippen molar-refractivity contribution >= 4 is 5.97 Å². The highest BCUT2D eigenvalue weighted by Gasteiger charge is 2.23. The van der Waals surface area contributed by atoms with Crippen LogP contribution in [0.3, 0.4) is 0 Å². The van der Waals surface area contributed by atoms with E-state index in [1.807, 2.05) is 6.07 Å². The molecule has 1 aromatic heterocycles. The molecular formula is C14H19NO2. The number of fused-ring (bicyclic) bond motifs is 1. The summed E-state index contributed by atoms with van der Waals surface area (Å²) in [6, 6.07) is 4.13. The van der Waals surface area contributed by atoms with Crippen molar-refractivity contribution in [1.29, 1.82) is 0 Å². The van der Waals surface area contributed by atoms with Gasteiger partial charge in [-0.1, -0.05) is 19.9 Å². The van der Waals surface area contributed by atoms with Crippen LogP contribution in [0.25, 0.3) is 0 Å². The lowest BCUT2D eigenvalue weighted by Crippen LogP contribution is -2.15. The Morgan fingerprint density at radius 1 is 1.53 bits per heavy atom. The SMILES string of the molecule is CC(C)c1ccc2c(n1)CCCC2CC(=O)O. The molecule has 0 aromatic carbocycles. The molecule has 1 aliphatic carbocycles. The zero-order valence-corrected chi connectivity index (χ0v) is 10.4. The van der Waals surface area contributed by atoms with Crippen LogP contribution in [-0.4, -0.2) is 16.1 Å². The number of aliphatic carboxylic acids is 1. The van der Waals surface area contributed by atoms with Crippen LogP contribution in [0.1, 0.15) is 61.9 Å². The number of carboxylic acid groups (broad SMARTS) is 1. The fraction of sp³-hybridized carbons (Fsp3) is 0.571. The second-order valence-electron chi connectivity index (χ2n) is 5.11. The molecule has 1 atom stereocenters. The third-order valence-corrected chi connectivity index (χ3v) is 3.45. The van der Waals surface area contributed by atoms with Gasteiger partial charge in [0.15, 0.2) is 0 Å². The Morgan fingerprint density at radius 2 is 2.29 bits per heavy atom. The number of pyridine rings is 1. The Balaban J connectivity index is 2.30. The molecule has 0 saturated heterocycles. The van der Waals surface area contributed by atoms with Crippen LogP contribution in [0.4, 0.5) is 0 Å². The molecule has 3 heteroatoms. The normalized spacial score (nSPS) is 19.1. The highest BCUT2D eigenvalue weighted by molar-refractivity contribution is 5.68. The summed E-state index contributed by atoms with van der Waals surface area (Å²) >= 11 is 0. The van der Waals surface area contributed by atoms with Crippen LogP contribution >= 0.6 is 0 Å². The van der Waals surface area contributed by atoms with Gasteiger partial charge in [-0.05, 0) is 42.7 Å². The lowest BCUT2D eigenvalue weighted by Gasteiger charge is -2.24. The van der Waals surface area contributed by atoms with E-state index in [9.17, 15) is 4.79 Å². The quantitative estimate of drug-likeness (QED) is 0.872. The minimum atomic E-state index is -0.712. The number of hydrogen-bond donors (Lipinski definition) is 1. The first-order valence-electron chi connectivity index (χ1n) is 6.29. The topological polar surface area (TPSA) is 50.2 Å². The van der Waals surface area contributed by atoms with Gasteiger partial charge in [-0.2, -0.15) is 0 Å². The Labute approximate surface area is 102 Å². The van der Waals surface area contributed by atoms with Gasteiger partial charge in [-0.15, -0.1) is 0 Å². The first kappa shape index (κ1) is 12.1. The van der Waals surface area contributed by atoms with Crippen molar-refractivity contribution in [3.63, 3.8) is 0 Å². The molecule has 17 heavy (non-hydrogen) atoms. The zero-order chi connectivity index (χ0) is 12.4. The van der Waals surface area contributed by atoms with Gasteiger partial charge in [-0.3, -0.25) is 9.78 Å². The monoisotopic (exact) mass is 233 g/mol. The van der Waals surface area contributed by atoms with E-state index in [2.05, 4.69) is 24.9 Å². The fourth-order valence-electron chi connectivity index (χ4n) is 2.52. The van der Waals surface area contributed by atoms with Crippen LogP contribution in [0.5, 0.6) is 0 Å². The van der Waals surface area contributed by atoms with E-state index in [0.29, 0.717) is 5.92 Å². The van der Waals surface area contributed by atoms with Gasteiger partial charge in [0.25, 0.3) is 0 Å². The molecule has 0 aliphatic heterocycles. The number of aryl methyl sites for hydroxylation is 1. The molecule has 0 fully saturated rings. The maximum atomic E-state index is 10.8. The zero-order valence-electron chi connectivity index (χ0n) is 10.4.